The van der Waals surface area contributed by atoms with Gasteiger partial charge >= 0.3 is 0 Å². The Morgan fingerprint density at radius 3 is 2.42 bits per heavy atom. The number of amides is 1. The summed E-state index contributed by atoms with van der Waals surface area (Å²) >= 11 is 0. The smallest absolute Gasteiger partial charge is 0.248 e. The van der Waals surface area contributed by atoms with Gasteiger partial charge in [0, 0.05) is 24.9 Å². The minimum Gasteiger partial charge on any atom is -0.462 e. The molecule has 0 spiro atoms. The fourth-order valence-corrected chi connectivity index (χ4v) is 4.25. The van der Waals surface area contributed by atoms with E-state index in [2.05, 4.69) is 5.32 Å². The first kappa shape index (κ1) is 19.9. The average Bonchev–Trinajstić information content (AvgIpc) is 3.01. The van der Waals surface area contributed by atoms with Crippen LogP contribution >= 0.6 is 0 Å². The summed E-state index contributed by atoms with van der Waals surface area (Å²) in [5, 5.41) is 2.68. The fraction of sp³-hybridized carbons (Fsp3) is 0.316. The van der Waals surface area contributed by atoms with E-state index in [9.17, 15) is 13.2 Å². The van der Waals surface area contributed by atoms with Crippen molar-refractivity contribution in [3.05, 3.63) is 53.5 Å². The molecule has 1 aromatic heterocycles. The molecule has 0 bridgehead atoms. The van der Waals surface area contributed by atoms with Gasteiger partial charge in [0.15, 0.2) is 0 Å². The number of anilines is 1. The second kappa shape index (κ2) is 8.33. The number of hydrogen-bond donors (Lipinski definition) is 1. The van der Waals surface area contributed by atoms with Crippen LogP contribution in [0.25, 0.3) is 6.08 Å². The number of carbonyl (C=O) groups is 1. The number of furan rings is 1. The summed E-state index contributed by atoms with van der Waals surface area (Å²) in [4.78, 5) is 12.3. The molecule has 0 unspecified atom stereocenters. The van der Waals surface area contributed by atoms with Gasteiger partial charge in [0.25, 0.3) is 0 Å². The highest BCUT2D eigenvalue weighted by Crippen LogP contribution is 2.23. The lowest BCUT2D eigenvalue weighted by atomic mass is 10.2. The lowest BCUT2D eigenvalue weighted by Gasteiger charge is -2.20. The first-order chi connectivity index (χ1) is 12.3. The summed E-state index contributed by atoms with van der Waals surface area (Å²) in [5.41, 5.74) is 1.06. The van der Waals surface area contributed by atoms with Crippen LogP contribution in [0.1, 0.15) is 30.9 Å². The van der Waals surface area contributed by atoms with Crippen LogP contribution in [0.15, 0.2) is 45.7 Å². The van der Waals surface area contributed by atoms with Gasteiger partial charge in [0.1, 0.15) is 11.5 Å². The maximum atomic E-state index is 12.8. The quantitative estimate of drug-likeness (QED) is 0.749. The molecule has 0 saturated heterocycles. The molecule has 0 radical (unpaired) electrons. The van der Waals surface area contributed by atoms with Crippen LogP contribution in [0, 0.1) is 13.8 Å². The van der Waals surface area contributed by atoms with E-state index in [-0.39, 0.29) is 10.8 Å². The SMILES string of the molecule is CCN(CC)S(=O)(=O)c1cc(NC(=O)/C=C/c2ccc(C)o2)ccc1C. The number of nitrogens with one attached hydrogen (secondary N) is 1. The van der Waals surface area contributed by atoms with Crippen LogP contribution in [-0.2, 0) is 14.8 Å². The van der Waals surface area contributed by atoms with E-state index in [0.717, 1.165) is 5.76 Å². The minimum absolute atomic E-state index is 0.199. The van der Waals surface area contributed by atoms with Crippen molar-refractivity contribution in [1.82, 2.24) is 4.31 Å². The van der Waals surface area contributed by atoms with Gasteiger partial charge in [-0.15, -0.1) is 0 Å². The van der Waals surface area contributed by atoms with Gasteiger partial charge in [-0.3, -0.25) is 4.79 Å². The average molecular weight is 376 g/mol. The van der Waals surface area contributed by atoms with Crippen LogP contribution in [-0.4, -0.2) is 31.7 Å². The molecule has 2 aromatic rings. The zero-order valence-electron chi connectivity index (χ0n) is 15.4. The molecule has 1 N–H and O–H groups in total. The lowest BCUT2D eigenvalue weighted by molar-refractivity contribution is -0.111. The zero-order valence-corrected chi connectivity index (χ0v) is 16.3. The molecule has 0 atom stereocenters. The lowest BCUT2D eigenvalue weighted by Crippen LogP contribution is -2.31. The summed E-state index contributed by atoms with van der Waals surface area (Å²) in [5.74, 6) is 0.968. The van der Waals surface area contributed by atoms with E-state index in [1.54, 1.807) is 45.0 Å². The molecule has 0 aliphatic heterocycles. The Hall–Kier alpha value is -2.38. The number of sulfonamides is 1. The maximum Gasteiger partial charge on any atom is 0.248 e. The monoisotopic (exact) mass is 376 g/mol. The third-order valence-corrected chi connectivity index (χ3v) is 6.13. The first-order valence-electron chi connectivity index (χ1n) is 8.44. The highest BCUT2D eigenvalue weighted by molar-refractivity contribution is 7.89. The number of rotatable bonds is 7. The van der Waals surface area contributed by atoms with E-state index in [4.69, 9.17) is 4.42 Å². The van der Waals surface area contributed by atoms with Gasteiger partial charge in [-0.25, -0.2) is 8.42 Å². The van der Waals surface area contributed by atoms with Crippen LogP contribution in [0.4, 0.5) is 5.69 Å². The Morgan fingerprint density at radius 2 is 1.85 bits per heavy atom. The summed E-state index contributed by atoms with van der Waals surface area (Å²) in [6.07, 6.45) is 2.90. The van der Waals surface area contributed by atoms with Crippen molar-refractivity contribution in [2.24, 2.45) is 0 Å². The van der Waals surface area contributed by atoms with Crippen molar-refractivity contribution >= 4 is 27.7 Å². The molecule has 0 aliphatic carbocycles. The Morgan fingerprint density at radius 1 is 1.15 bits per heavy atom. The molecule has 2 rings (SSSR count). The molecule has 0 fully saturated rings. The Bertz CT molecular complexity index is 909. The van der Waals surface area contributed by atoms with Crippen molar-refractivity contribution in [3.8, 4) is 0 Å². The van der Waals surface area contributed by atoms with E-state index in [1.165, 1.54) is 16.4 Å². The standard InChI is InChI=1S/C19H24N2O4S/c1-5-21(6-2)26(23,24)18-13-16(9-7-14(18)3)20-19(22)12-11-17-10-8-15(4)25-17/h7-13H,5-6H2,1-4H3,(H,20,22)/b12-11+. The minimum atomic E-state index is -3.59. The predicted molar refractivity (Wildman–Crippen MR) is 102 cm³/mol. The number of aryl methyl sites for hydroxylation is 2. The maximum absolute atomic E-state index is 12.8. The number of nitrogens with zero attached hydrogens (tertiary/aromatic N) is 1. The topological polar surface area (TPSA) is 79.6 Å². The Balaban J connectivity index is 2.21. The Labute approximate surface area is 154 Å². The van der Waals surface area contributed by atoms with E-state index in [1.807, 2.05) is 13.0 Å². The van der Waals surface area contributed by atoms with Crippen LogP contribution in [0.3, 0.4) is 0 Å². The molecule has 6 nitrogen and oxygen atoms in total. The summed E-state index contributed by atoms with van der Waals surface area (Å²) in [7, 11) is -3.59. The second-order valence-corrected chi connectivity index (χ2v) is 7.75. The second-order valence-electron chi connectivity index (χ2n) is 5.84. The van der Waals surface area contributed by atoms with Crippen molar-refractivity contribution in [2.45, 2.75) is 32.6 Å². The number of benzene rings is 1. The zero-order chi connectivity index (χ0) is 19.3. The fourth-order valence-electron chi connectivity index (χ4n) is 2.54. The molecular formula is C19H24N2O4S. The third-order valence-electron chi connectivity index (χ3n) is 3.94. The van der Waals surface area contributed by atoms with Crippen LogP contribution < -0.4 is 5.32 Å². The normalized spacial score (nSPS) is 12.0. The molecule has 7 heteroatoms. The van der Waals surface area contributed by atoms with Gasteiger partial charge in [0.05, 0.1) is 4.90 Å². The summed E-state index contributed by atoms with van der Waals surface area (Å²) in [6.45, 7) is 7.93. The molecule has 1 heterocycles. The van der Waals surface area contributed by atoms with Gasteiger partial charge in [-0.1, -0.05) is 19.9 Å². The molecule has 1 amide bonds. The van der Waals surface area contributed by atoms with Crippen LogP contribution in [0.5, 0.6) is 0 Å². The molecule has 26 heavy (non-hydrogen) atoms. The summed E-state index contributed by atoms with van der Waals surface area (Å²) in [6, 6.07) is 8.43. The van der Waals surface area contributed by atoms with E-state index in [0.29, 0.717) is 30.1 Å². The first-order valence-corrected chi connectivity index (χ1v) is 9.88. The number of hydrogen-bond acceptors (Lipinski definition) is 4. The van der Waals surface area contributed by atoms with E-state index >= 15 is 0 Å². The van der Waals surface area contributed by atoms with Gasteiger partial charge in [-0.2, -0.15) is 4.31 Å². The molecule has 0 aliphatic rings. The van der Waals surface area contributed by atoms with Gasteiger partial charge in [-0.05, 0) is 49.8 Å². The Kier molecular flexibility index (Phi) is 6.39. The predicted octanol–water partition coefficient (Wildman–Crippen LogP) is 3.58. The highest BCUT2D eigenvalue weighted by atomic mass is 32.2. The van der Waals surface area contributed by atoms with Crippen LogP contribution in [0.2, 0.25) is 0 Å². The van der Waals surface area contributed by atoms with Crippen molar-refractivity contribution in [3.63, 3.8) is 0 Å². The van der Waals surface area contributed by atoms with Gasteiger partial charge < -0.3 is 9.73 Å². The molecule has 140 valence electrons. The van der Waals surface area contributed by atoms with E-state index < -0.39 is 10.0 Å². The molecule has 0 saturated carbocycles. The van der Waals surface area contributed by atoms with Gasteiger partial charge in [0.2, 0.25) is 15.9 Å². The molecule has 1 aromatic carbocycles. The molecular weight excluding hydrogens is 352 g/mol. The van der Waals surface area contributed by atoms with Crippen molar-refractivity contribution in [1.29, 1.82) is 0 Å². The summed E-state index contributed by atoms with van der Waals surface area (Å²) < 4.78 is 32.3. The van der Waals surface area contributed by atoms with Crippen molar-refractivity contribution < 1.29 is 17.6 Å². The number of carbonyl (C=O) groups excluding carboxylic acids is 1. The van der Waals surface area contributed by atoms with Crippen molar-refractivity contribution in [2.75, 3.05) is 18.4 Å². The largest absolute Gasteiger partial charge is 0.462 e. The highest BCUT2D eigenvalue weighted by Gasteiger charge is 2.23. The third kappa shape index (κ3) is 4.62.